The van der Waals surface area contributed by atoms with E-state index in [1.165, 1.54) is 0 Å². The van der Waals surface area contributed by atoms with Gasteiger partial charge in [-0.05, 0) is 24.6 Å². The molecule has 0 bridgehead atoms. The largest absolute Gasteiger partial charge is 0.441 e. The van der Waals surface area contributed by atoms with E-state index in [2.05, 4.69) is 11.9 Å². The van der Waals surface area contributed by atoms with Crippen LogP contribution in [0.3, 0.4) is 0 Å². The molecule has 0 aliphatic heterocycles. The second-order valence-corrected chi connectivity index (χ2v) is 3.44. The summed E-state index contributed by atoms with van der Waals surface area (Å²) in [7, 11) is 0. The van der Waals surface area contributed by atoms with Gasteiger partial charge in [-0.1, -0.05) is 13.3 Å². The summed E-state index contributed by atoms with van der Waals surface area (Å²) in [6.07, 6.45) is 3.73. The van der Waals surface area contributed by atoms with Crippen LogP contribution in [0.1, 0.15) is 31.6 Å². The number of nitrogens with two attached hydrogens (primary N) is 1. The lowest BCUT2D eigenvalue weighted by atomic mass is 10.1. The van der Waals surface area contributed by atoms with Crippen molar-refractivity contribution in [1.29, 1.82) is 0 Å². The molecule has 14 heavy (non-hydrogen) atoms. The third-order valence-electron chi connectivity index (χ3n) is 2.28. The summed E-state index contributed by atoms with van der Waals surface area (Å²) in [5, 5.41) is 1.02. The highest BCUT2D eigenvalue weighted by molar-refractivity contribution is 5.73. The maximum Gasteiger partial charge on any atom is 0.226 e. The summed E-state index contributed by atoms with van der Waals surface area (Å²) in [5.41, 5.74) is 6.62. The Balaban J connectivity index is 2.35. The van der Waals surface area contributed by atoms with E-state index in [0.29, 0.717) is 5.71 Å². The smallest absolute Gasteiger partial charge is 0.226 e. The molecule has 2 rings (SSSR count). The summed E-state index contributed by atoms with van der Waals surface area (Å²) < 4.78 is 5.55. The summed E-state index contributed by atoms with van der Waals surface area (Å²) in [4.78, 5) is 4.12. The summed E-state index contributed by atoms with van der Waals surface area (Å²) in [6.45, 7) is 2.11. The average molecular weight is 190 g/mol. The van der Waals surface area contributed by atoms with Crippen LogP contribution in [-0.4, -0.2) is 4.98 Å². The third-order valence-corrected chi connectivity index (χ3v) is 2.28. The molecular weight excluding hydrogens is 176 g/mol. The molecule has 0 radical (unpaired) electrons. The lowest BCUT2D eigenvalue weighted by Gasteiger charge is -2.04. The Kier molecular flexibility index (Phi) is 2.50. The first-order chi connectivity index (χ1) is 6.81. The lowest BCUT2D eigenvalue weighted by Crippen LogP contribution is -2.08. The van der Waals surface area contributed by atoms with Gasteiger partial charge in [-0.3, -0.25) is 0 Å². The normalized spacial score (nSPS) is 13.3. The van der Waals surface area contributed by atoms with Crippen molar-refractivity contribution in [3.8, 4) is 0 Å². The average Bonchev–Trinajstić information content (AvgIpc) is 2.61. The maximum atomic E-state index is 5.95. The number of pyridine rings is 1. The van der Waals surface area contributed by atoms with Crippen LogP contribution in [0.25, 0.3) is 11.1 Å². The summed E-state index contributed by atoms with van der Waals surface area (Å²) >= 11 is 0. The zero-order chi connectivity index (χ0) is 9.97. The Labute approximate surface area is 82.9 Å². The summed E-state index contributed by atoms with van der Waals surface area (Å²) in [5.74, 6) is 0.834. The molecule has 0 aliphatic rings. The molecule has 0 fully saturated rings. The molecule has 0 saturated carbocycles. The Morgan fingerprint density at radius 2 is 2.43 bits per heavy atom. The fraction of sp³-hybridized carbons (Fsp3) is 0.364. The number of furan rings is 1. The van der Waals surface area contributed by atoms with Gasteiger partial charge in [0, 0.05) is 11.6 Å². The Hall–Kier alpha value is -1.35. The van der Waals surface area contributed by atoms with Gasteiger partial charge in [-0.25, -0.2) is 4.98 Å². The van der Waals surface area contributed by atoms with E-state index in [4.69, 9.17) is 10.2 Å². The van der Waals surface area contributed by atoms with Gasteiger partial charge in [-0.15, -0.1) is 0 Å². The molecule has 2 N–H and O–H groups in total. The molecule has 0 spiro atoms. The highest BCUT2D eigenvalue weighted by Gasteiger charge is 2.10. The number of rotatable bonds is 3. The monoisotopic (exact) mass is 190 g/mol. The predicted molar refractivity (Wildman–Crippen MR) is 55.8 cm³/mol. The lowest BCUT2D eigenvalue weighted by molar-refractivity contribution is 0.470. The van der Waals surface area contributed by atoms with Crippen LogP contribution in [0.15, 0.2) is 28.8 Å². The number of hydrogen-bond donors (Lipinski definition) is 1. The van der Waals surface area contributed by atoms with Crippen LogP contribution in [0.5, 0.6) is 0 Å². The van der Waals surface area contributed by atoms with Crippen molar-refractivity contribution >= 4 is 11.1 Å². The SMILES string of the molecule is CCCC(N)c1cc2cccnc2o1. The molecule has 3 nitrogen and oxygen atoms in total. The Bertz CT molecular complexity index is 389. The molecule has 0 aromatic carbocycles. The van der Waals surface area contributed by atoms with Gasteiger partial charge in [0.05, 0.1) is 6.04 Å². The fourth-order valence-electron chi connectivity index (χ4n) is 1.53. The van der Waals surface area contributed by atoms with Crippen molar-refractivity contribution in [3.05, 3.63) is 30.2 Å². The van der Waals surface area contributed by atoms with E-state index >= 15 is 0 Å². The second-order valence-electron chi connectivity index (χ2n) is 3.44. The fourth-order valence-corrected chi connectivity index (χ4v) is 1.53. The molecule has 74 valence electrons. The van der Waals surface area contributed by atoms with E-state index in [1.807, 2.05) is 18.2 Å². The van der Waals surface area contributed by atoms with Gasteiger partial charge in [0.25, 0.3) is 0 Å². The minimum absolute atomic E-state index is 0.00537. The standard InChI is InChI=1S/C11H14N2O/c1-2-4-9(12)10-7-8-5-3-6-13-11(8)14-10/h3,5-7,9H,2,4,12H2,1H3. The van der Waals surface area contributed by atoms with Crippen LogP contribution < -0.4 is 5.73 Å². The van der Waals surface area contributed by atoms with Crippen molar-refractivity contribution in [2.24, 2.45) is 5.73 Å². The molecule has 0 aliphatic carbocycles. The van der Waals surface area contributed by atoms with Crippen LogP contribution in [0.4, 0.5) is 0 Å². The molecule has 1 atom stereocenters. The first-order valence-electron chi connectivity index (χ1n) is 4.91. The van der Waals surface area contributed by atoms with Gasteiger partial charge in [0.2, 0.25) is 5.71 Å². The van der Waals surface area contributed by atoms with Crippen LogP contribution in [-0.2, 0) is 0 Å². The Morgan fingerprint density at radius 1 is 1.57 bits per heavy atom. The van der Waals surface area contributed by atoms with Crippen molar-refractivity contribution in [2.75, 3.05) is 0 Å². The van der Waals surface area contributed by atoms with E-state index < -0.39 is 0 Å². The van der Waals surface area contributed by atoms with E-state index in [9.17, 15) is 0 Å². The van der Waals surface area contributed by atoms with Crippen LogP contribution in [0, 0.1) is 0 Å². The van der Waals surface area contributed by atoms with Crippen molar-refractivity contribution in [3.63, 3.8) is 0 Å². The first kappa shape index (κ1) is 9.21. The highest BCUT2D eigenvalue weighted by atomic mass is 16.3. The van der Waals surface area contributed by atoms with E-state index in [-0.39, 0.29) is 6.04 Å². The minimum atomic E-state index is -0.00537. The van der Waals surface area contributed by atoms with Gasteiger partial charge in [-0.2, -0.15) is 0 Å². The predicted octanol–water partition coefficient (Wildman–Crippen LogP) is 2.63. The zero-order valence-electron chi connectivity index (χ0n) is 8.23. The Morgan fingerprint density at radius 3 is 3.14 bits per heavy atom. The molecule has 2 aromatic rings. The van der Waals surface area contributed by atoms with Crippen LogP contribution >= 0.6 is 0 Å². The molecule has 2 heterocycles. The second kappa shape index (κ2) is 3.80. The number of nitrogens with zero attached hydrogens (tertiary/aromatic N) is 1. The van der Waals surface area contributed by atoms with Crippen LogP contribution in [0.2, 0.25) is 0 Å². The number of aromatic nitrogens is 1. The number of hydrogen-bond acceptors (Lipinski definition) is 3. The number of fused-ring (bicyclic) bond motifs is 1. The minimum Gasteiger partial charge on any atom is -0.441 e. The topological polar surface area (TPSA) is 52.0 Å². The zero-order valence-corrected chi connectivity index (χ0v) is 8.23. The molecule has 0 amide bonds. The van der Waals surface area contributed by atoms with Crippen molar-refractivity contribution < 1.29 is 4.42 Å². The molecule has 3 heteroatoms. The third kappa shape index (κ3) is 1.63. The first-order valence-corrected chi connectivity index (χ1v) is 4.91. The maximum absolute atomic E-state index is 5.95. The molecular formula is C11H14N2O. The van der Waals surface area contributed by atoms with Gasteiger partial charge < -0.3 is 10.2 Å². The van der Waals surface area contributed by atoms with Gasteiger partial charge in [0.15, 0.2) is 0 Å². The van der Waals surface area contributed by atoms with Gasteiger partial charge in [0.1, 0.15) is 5.76 Å². The van der Waals surface area contributed by atoms with Gasteiger partial charge >= 0.3 is 0 Å². The highest BCUT2D eigenvalue weighted by Crippen LogP contribution is 2.23. The van der Waals surface area contributed by atoms with E-state index in [1.54, 1.807) is 6.20 Å². The van der Waals surface area contributed by atoms with Crippen molar-refractivity contribution in [1.82, 2.24) is 4.98 Å². The summed E-state index contributed by atoms with van der Waals surface area (Å²) in [6, 6.07) is 5.85. The van der Waals surface area contributed by atoms with E-state index in [0.717, 1.165) is 24.0 Å². The quantitative estimate of drug-likeness (QED) is 0.809. The molecule has 0 saturated heterocycles. The molecule has 1 unspecified atom stereocenters. The van der Waals surface area contributed by atoms with Crippen molar-refractivity contribution in [2.45, 2.75) is 25.8 Å². The molecule has 2 aromatic heterocycles.